The van der Waals surface area contributed by atoms with Crippen LogP contribution in [0.5, 0.6) is 0 Å². The van der Waals surface area contributed by atoms with Gasteiger partial charge in [0, 0.05) is 18.7 Å². The van der Waals surface area contributed by atoms with Crippen LogP contribution in [0.2, 0.25) is 0 Å². The van der Waals surface area contributed by atoms with Crippen molar-refractivity contribution in [1.82, 2.24) is 9.62 Å². The fourth-order valence-corrected chi connectivity index (χ4v) is 3.91. The summed E-state index contributed by atoms with van der Waals surface area (Å²) in [4.78, 5) is 14.4. The summed E-state index contributed by atoms with van der Waals surface area (Å²) in [6.45, 7) is 1.85. The van der Waals surface area contributed by atoms with Gasteiger partial charge in [0.2, 0.25) is 10.0 Å². The van der Waals surface area contributed by atoms with Gasteiger partial charge in [0.05, 0.1) is 10.9 Å². The van der Waals surface area contributed by atoms with Crippen LogP contribution in [-0.2, 0) is 10.0 Å². The van der Waals surface area contributed by atoms with Gasteiger partial charge in [0.15, 0.2) is 0 Å². The summed E-state index contributed by atoms with van der Waals surface area (Å²) in [6.07, 6.45) is 1.73. The quantitative estimate of drug-likeness (QED) is 0.842. The number of amides is 1. The van der Waals surface area contributed by atoms with E-state index in [1.54, 1.807) is 24.1 Å². The van der Waals surface area contributed by atoms with Gasteiger partial charge in [-0.3, -0.25) is 4.79 Å². The first kappa shape index (κ1) is 18.5. The Morgan fingerprint density at radius 3 is 2.23 bits per heavy atom. The monoisotopic (exact) mass is 376 g/mol. The van der Waals surface area contributed by atoms with Crippen LogP contribution in [0, 0.1) is 5.82 Å². The highest BCUT2D eigenvalue weighted by molar-refractivity contribution is 7.89. The predicted molar refractivity (Wildman–Crippen MR) is 96.7 cm³/mol. The Bertz CT molecular complexity index is 891. The van der Waals surface area contributed by atoms with Crippen molar-refractivity contribution in [2.75, 3.05) is 7.05 Å². The van der Waals surface area contributed by atoms with Crippen molar-refractivity contribution < 1.29 is 17.6 Å². The molecule has 0 radical (unpaired) electrons. The van der Waals surface area contributed by atoms with E-state index < -0.39 is 10.0 Å². The van der Waals surface area contributed by atoms with Crippen molar-refractivity contribution in [3.8, 4) is 0 Å². The number of carbonyl (C=O) groups is 1. The molecule has 0 spiro atoms. The highest BCUT2D eigenvalue weighted by Gasteiger charge is 2.28. The Labute approximate surface area is 152 Å². The fourth-order valence-electron chi connectivity index (χ4n) is 2.61. The molecule has 0 aromatic heterocycles. The van der Waals surface area contributed by atoms with E-state index in [0.29, 0.717) is 5.56 Å². The second-order valence-electron chi connectivity index (χ2n) is 6.56. The molecule has 2 aromatic carbocycles. The smallest absolute Gasteiger partial charge is 0.254 e. The van der Waals surface area contributed by atoms with Gasteiger partial charge in [-0.05, 0) is 61.7 Å². The normalized spacial score (nSPS) is 15.5. The average molecular weight is 376 g/mol. The van der Waals surface area contributed by atoms with Crippen molar-refractivity contribution in [3.63, 3.8) is 0 Å². The van der Waals surface area contributed by atoms with Crippen LogP contribution >= 0.6 is 0 Å². The molecule has 1 aliphatic rings. The van der Waals surface area contributed by atoms with Crippen LogP contribution in [0.15, 0.2) is 53.4 Å². The number of rotatable bonds is 6. The molecule has 5 nitrogen and oxygen atoms in total. The Hall–Kier alpha value is -2.25. The topological polar surface area (TPSA) is 66.5 Å². The molecule has 2 aromatic rings. The SMILES string of the molecule is CC(c1ccc(F)cc1)N(C)C(=O)c1ccc(S(=O)(=O)NC2CC2)cc1. The Morgan fingerprint density at radius 2 is 1.69 bits per heavy atom. The molecular weight excluding hydrogens is 355 g/mol. The number of carbonyl (C=O) groups excluding carboxylic acids is 1. The molecule has 3 rings (SSSR count). The zero-order chi connectivity index (χ0) is 18.9. The number of nitrogens with one attached hydrogen (secondary N) is 1. The van der Waals surface area contributed by atoms with E-state index in [-0.39, 0.29) is 28.7 Å². The number of nitrogens with zero attached hydrogens (tertiary/aromatic N) is 1. The molecule has 7 heteroatoms. The Kier molecular flexibility index (Phi) is 5.11. The first-order valence-electron chi connectivity index (χ1n) is 8.43. The summed E-state index contributed by atoms with van der Waals surface area (Å²) in [5.74, 6) is -0.563. The van der Waals surface area contributed by atoms with Crippen LogP contribution in [0.3, 0.4) is 0 Å². The van der Waals surface area contributed by atoms with Crippen LogP contribution < -0.4 is 4.72 Å². The zero-order valence-electron chi connectivity index (χ0n) is 14.6. The molecule has 0 heterocycles. The molecule has 1 N–H and O–H groups in total. The van der Waals surface area contributed by atoms with Crippen molar-refractivity contribution in [2.45, 2.75) is 36.7 Å². The predicted octanol–water partition coefficient (Wildman–Crippen LogP) is 3.10. The maximum atomic E-state index is 13.1. The molecule has 1 unspecified atom stereocenters. The summed E-state index contributed by atoms with van der Waals surface area (Å²) in [5, 5.41) is 0. The molecule has 1 fully saturated rings. The molecule has 0 bridgehead atoms. The lowest BCUT2D eigenvalue weighted by molar-refractivity contribution is 0.0742. The summed E-state index contributed by atoms with van der Waals surface area (Å²) < 4.78 is 40.0. The molecule has 0 saturated heterocycles. The first-order chi connectivity index (χ1) is 12.3. The minimum Gasteiger partial charge on any atom is -0.335 e. The standard InChI is InChI=1S/C19H21FN2O3S/c1-13(14-3-7-16(20)8-4-14)22(2)19(23)15-5-11-18(12-6-15)26(24,25)21-17-9-10-17/h3-8,11-13,17,21H,9-10H2,1-2H3. The second kappa shape index (κ2) is 7.17. The lowest BCUT2D eigenvalue weighted by Crippen LogP contribution is -2.30. The van der Waals surface area contributed by atoms with Gasteiger partial charge in [-0.15, -0.1) is 0 Å². The second-order valence-corrected chi connectivity index (χ2v) is 8.28. The largest absolute Gasteiger partial charge is 0.335 e. The molecule has 1 amide bonds. The van der Waals surface area contributed by atoms with E-state index >= 15 is 0 Å². The summed E-state index contributed by atoms with van der Waals surface area (Å²) >= 11 is 0. The molecule has 138 valence electrons. The summed E-state index contributed by atoms with van der Waals surface area (Å²) in [5.41, 5.74) is 1.21. The van der Waals surface area contributed by atoms with E-state index in [4.69, 9.17) is 0 Å². The third-order valence-corrected chi connectivity index (χ3v) is 6.10. The van der Waals surface area contributed by atoms with Gasteiger partial charge < -0.3 is 4.90 Å². The van der Waals surface area contributed by atoms with Gasteiger partial charge in [-0.2, -0.15) is 0 Å². The molecule has 1 saturated carbocycles. The number of hydrogen-bond acceptors (Lipinski definition) is 3. The maximum absolute atomic E-state index is 13.1. The van der Waals surface area contributed by atoms with Crippen molar-refractivity contribution >= 4 is 15.9 Å². The summed E-state index contributed by atoms with van der Waals surface area (Å²) in [7, 11) is -1.87. The number of sulfonamides is 1. The van der Waals surface area contributed by atoms with Gasteiger partial charge in [-0.25, -0.2) is 17.5 Å². The lowest BCUT2D eigenvalue weighted by atomic mass is 10.1. The average Bonchev–Trinajstić information content (AvgIpc) is 3.44. The van der Waals surface area contributed by atoms with E-state index in [0.717, 1.165) is 18.4 Å². The van der Waals surface area contributed by atoms with Crippen molar-refractivity contribution in [3.05, 3.63) is 65.5 Å². The Balaban J connectivity index is 1.73. The molecule has 26 heavy (non-hydrogen) atoms. The molecule has 1 aliphatic carbocycles. The molecule has 0 aliphatic heterocycles. The first-order valence-corrected chi connectivity index (χ1v) is 9.91. The minimum absolute atomic E-state index is 0.0315. The molecule has 1 atom stereocenters. The third-order valence-electron chi connectivity index (χ3n) is 4.56. The number of benzene rings is 2. The van der Waals surface area contributed by atoms with Gasteiger partial charge in [0.25, 0.3) is 5.91 Å². The lowest BCUT2D eigenvalue weighted by Gasteiger charge is -2.25. The third kappa shape index (κ3) is 4.11. The van der Waals surface area contributed by atoms with Gasteiger partial charge in [-0.1, -0.05) is 12.1 Å². The maximum Gasteiger partial charge on any atom is 0.254 e. The highest BCUT2D eigenvalue weighted by atomic mass is 32.2. The number of hydrogen-bond donors (Lipinski definition) is 1. The van der Waals surface area contributed by atoms with Crippen LogP contribution in [0.25, 0.3) is 0 Å². The van der Waals surface area contributed by atoms with E-state index in [1.165, 1.54) is 36.4 Å². The highest BCUT2D eigenvalue weighted by Crippen LogP contribution is 2.24. The zero-order valence-corrected chi connectivity index (χ0v) is 15.5. The van der Waals surface area contributed by atoms with Crippen molar-refractivity contribution in [1.29, 1.82) is 0 Å². The van der Waals surface area contributed by atoms with E-state index in [2.05, 4.69) is 4.72 Å². The van der Waals surface area contributed by atoms with Gasteiger partial charge in [0.1, 0.15) is 5.82 Å². The number of halogens is 1. The fraction of sp³-hybridized carbons (Fsp3) is 0.316. The van der Waals surface area contributed by atoms with Crippen LogP contribution in [0.4, 0.5) is 4.39 Å². The van der Waals surface area contributed by atoms with Crippen molar-refractivity contribution in [2.24, 2.45) is 0 Å². The minimum atomic E-state index is -3.53. The van der Waals surface area contributed by atoms with Gasteiger partial charge >= 0.3 is 0 Å². The molecular formula is C19H21FN2O3S. The van der Waals surface area contributed by atoms with Crippen LogP contribution in [0.1, 0.15) is 41.7 Å². The van der Waals surface area contributed by atoms with Crippen LogP contribution in [-0.4, -0.2) is 32.3 Å². The Morgan fingerprint density at radius 1 is 1.12 bits per heavy atom. The summed E-state index contributed by atoms with van der Waals surface area (Å²) in [6, 6.07) is 11.7. The van der Waals surface area contributed by atoms with E-state index in [9.17, 15) is 17.6 Å². The van der Waals surface area contributed by atoms with E-state index in [1.807, 2.05) is 6.92 Å².